The molecule has 31 heavy (non-hydrogen) atoms. The Kier molecular flexibility index (Phi) is 11.3. The molecule has 0 rings (SSSR count). The van der Waals surface area contributed by atoms with Crippen molar-refractivity contribution in [1.29, 1.82) is 0 Å². The van der Waals surface area contributed by atoms with Gasteiger partial charge in [0, 0.05) is 0 Å². The summed E-state index contributed by atoms with van der Waals surface area (Å²) < 4.78 is 12.3. The first-order valence-corrected chi connectivity index (χ1v) is 14.6. The zero-order chi connectivity index (χ0) is 24.8. The number of carboxylic acids is 1. The Morgan fingerprint density at radius 2 is 1.39 bits per heavy atom. The number of amides is 1. The summed E-state index contributed by atoms with van der Waals surface area (Å²) in [4.78, 5) is 24.7. The lowest BCUT2D eigenvalue weighted by atomic mass is 9.88. The van der Waals surface area contributed by atoms with E-state index in [0.717, 1.165) is 0 Å². The van der Waals surface area contributed by atoms with E-state index in [1.165, 1.54) is 0 Å². The van der Waals surface area contributed by atoms with Gasteiger partial charge in [-0.3, -0.25) is 4.79 Å². The fourth-order valence-corrected chi connectivity index (χ4v) is 4.64. The van der Waals surface area contributed by atoms with Crippen LogP contribution in [-0.4, -0.2) is 43.2 Å². The molecular weight excluding hydrogens is 410 g/mol. The van der Waals surface area contributed by atoms with E-state index in [1.807, 2.05) is 34.6 Å². The third-order valence-corrected chi connectivity index (χ3v) is 10.3. The Balaban J connectivity index is 6.01. The molecule has 3 atom stereocenters. The maximum atomic E-state index is 12.6. The molecule has 2 N–H and O–H groups in total. The summed E-state index contributed by atoms with van der Waals surface area (Å²) in [5.41, 5.74) is -0.608. The standard InChI is InChI=1S/C24H49NO5Si/c1-16(2)13-18(21(26)27)15-20(30-31(11,12)24(8,9)10)19(14-17(3)4)25-22(28)29-23(5,6)7/h16-20H,13-15H2,1-12H3,(H,25,28)(H,26,27)/t18-,19+,20+/m1/s1. The molecule has 0 aromatic carbocycles. The first kappa shape index (κ1) is 29.9. The van der Waals surface area contributed by atoms with E-state index < -0.39 is 38.0 Å². The summed E-state index contributed by atoms with van der Waals surface area (Å²) in [7, 11) is -2.21. The van der Waals surface area contributed by atoms with Gasteiger partial charge >= 0.3 is 12.1 Å². The smallest absolute Gasteiger partial charge is 0.407 e. The molecule has 0 spiro atoms. The number of carbonyl (C=O) groups excluding carboxylic acids is 1. The lowest BCUT2D eigenvalue weighted by Crippen LogP contribution is -2.53. The van der Waals surface area contributed by atoms with Crippen molar-refractivity contribution in [2.24, 2.45) is 17.8 Å². The Hall–Kier alpha value is -1.08. The third-order valence-electron chi connectivity index (χ3n) is 5.75. The highest BCUT2D eigenvalue weighted by Gasteiger charge is 2.42. The number of rotatable bonds is 11. The van der Waals surface area contributed by atoms with E-state index in [9.17, 15) is 14.7 Å². The molecule has 0 aliphatic rings. The van der Waals surface area contributed by atoms with Gasteiger partial charge < -0.3 is 19.6 Å². The van der Waals surface area contributed by atoms with Crippen LogP contribution in [0, 0.1) is 17.8 Å². The van der Waals surface area contributed by atoms with Crippen LogP contribution in [0.15, 0.2) is 0 Å². The predicted octanol–water partition coefficient (Wildman–Crippen LogP) is 6.45. The fraction of sp³-hybridized carbons (Fsp3) is 0.917. The molecular formula is C24H49NO5Si. The Bertz CT molecular complexity index is 575. The first-order chi connectivity index (χ1) is 13.7. The van der Waals surface area contributed by atoms with Crippen molar-refractivity contribution in [3.63, 3.8) is 0 Å². The number of ether oxygens (including phenoxy) is 1. The second-order valence-electron chi connectivity index (χ2n) is 12.2. The number of carbonyl (C=O) groups is 2. The van der Waals surface area contributed by atoms with Gasteiger partial charge in [0.25, 0.3) is 0 Å². The van der Waals surface area contributed by atoms with E-state index in [4.69, 9.17) is 9.16 Å². The number of hydrogen-bond acceptors (Lipinski definition) is 4. The van der Waals surface area contributed by atoms with Gasteiger partial charge in [-0.15, -0.1) is 0 Å². The van der Waals surface area contributed by atoms with Gasteiger partial charge in [-0.05, 0) is 70.0 Å². The van der Waals surface area contributed by atoms with Crippen LogP contribution in [0.3, 0.4) is 0 Å². The van der Waals surface area contributed by atoms with Crippen LogP contribution in [0.25, 0.3) is 0 Å². The predicted molar refractivity (Wildman–Crippen MR) is 130 cm³/mol. The molecule has 0 bridgehead atoms. The van der Waals surface area contributed by atoms with E-state index in [-0.39, 0.29) is 17.0 Å². The molecule has 0 saturated carbocycles. The quantitative estimate of drug-likeness (QED) is 0.347. The van der Waals surface area contributed by atoms with Crippen LogP contribution in [0.2, 0.25) is 18.1 Å². The lowest BCUT2D eigenvalue weighted by Gasteiger charge is -2.42. The van der Waals surface area contributed by atoms with Crippen LogP contribution in [0.1, 0.15) is 88.5 Å². The maximum Gasteiger partial charge on any atom is 0.407 e. The van der Waals surface area contributed by atoms with Crippen LogP contribution < -0.4 is 5.32 Å². The summed E-state index contributed by atoms with van der Waals surface area (Å²) in [6, 6.07) is -0.321. The van der Waals surface area contributed by atoms with Crippen LogP contribution in [0.4, 0.5) is 4.79 Å². The summed E-state index contributed by atoms with van der Waals surface area (Å²) in [6.07, 6.45) is 0.751. The van der Waals surface area contributed by atoms with Gasteiger partial charge in [0.1, 0.15) is 5.60 Å². The number of carboxylic acid groups (broad SMARTS) is 1. The average molecular weight is 460 g/mol. The van der Waals surface area contributed by atoms with Crippen LogP contribution in [0.5, 0.6) is 0 Å². The normalized spacial score (nSPS) is 16.2. The summed E-state index contributed by atoms with van der Waals surface area (Å²) in [6.45, 7) is 24.6. The van der Waals surface area contributed by atoms with Crippen molar-refractivity contribution in [2.45, 2.75) is 124 Å². The minimum atomic E-state index is -2.21. The highest BCUT2D eigenvalue weighted by Crippen LogP contribution is 2.39. The molecule has 1 amide bonds. The van der Waals surface area contributed by atoms with Gasteiger partial charge in [-0.25, -0.2) is 4.79 Å². The Morgan fingerprint density at radius 3 is 1.74 bits per heavy atom. The minimum absolute atomic E-state index is 0.0314. The van der Waals surface area contributed by atoms with Crippen LogP contribution >= 0.6 is 0 Å². The van der Waals surface area contributed by atoms with Gasteiger partial charge in [0.05, 0.1) is 18.1 Å². The minimum Gasteiger partial charge on any atom is -0.481 e. The number of alkyl carbamates (subject to hydrolysis) is 1. The SMILES string of the molecule is CC(C)C[C@H](C[C@H](O[Si](C)(C)C(C)(C)C)[C@H](CC(C)C)NC(=O)OC(C)(C)C)C(=O)O. The van der Waals surface area contributed by atoms with E-state index in [2.05, 4.69) is 53.0 Å². The molecule has 0 saturated heterocycles. The molecule has 0 unspecified atom stereocenters. The molecule has 6 nitrogen and oxygen atoms in total. The summed E-state index contributed by atoms with van der Waals surface area (Å²) >= 11 is 0. The van der Waals surface area contributed by atoms with E-state index in [1.54, 1.807) is 0 Å². The van der Waals surface area contributed by atoms with Gasteiger partial charge in [0.2, 0.25) is 0 Å². The molecule has 0 aliphatic heterocycles. The first-order valence-electron chi connectivity index (χ1n) is 11.6. The molecule has 0 fully saturated rings. The van der Waals surface area contributed by atoms with E-state index in [0.29, 0.717) is 25.2 Å². The van der Waals surface area contributed by atoms with Crippen molar-refractivity contribution in [1.82, 2.24) is 5.32 Å². The maximum absolute atomic E-state index is 12.6. The zero-order valence-corrected chi connectivity index (χ0v) is 23.1. The molecule has 7 heteroatoms. The number of nitrogens with one attached hydrogen (secondary N) is 1. The zero-order valence-electron chi connectivity index (χ0n) is 22.1. The topological polar surface area (TPSA) is 84.9 Å². The summed E-state index contributed by atoms with van der Waals surface area (Å²) in [5.74, 6) is -0.765. The third kappa shape index (κ3) is 11.9. The summed E-state index contributed by atoms with van der Waals surface area (Å²) in [5, 5.41) is 12.9. The van der Waals surface area contributed by atoms with Crippen molar-refractivity contribution < 1.29 is 23.9 Å². The Morgan fingerprint density at radius 1 is 0.903 bits per heavy atom. The molecule has 184 valence electrons. The largest absolute Gasteiger partial charge is 0.481 e. The number of hydrogen-bond donors (Lipinski definition) is 2. The second kappa shape index (κ2) is 11.7. The number of aliphatic carboxylic acids is 1. The molecule has 0 radical (unpaired) electrons. The van der Waals surface area contributed by atoms with Crippen molar-refractivity contribution in [2.75, 3.05) is 0 Å². The van der Waals surface area contributed by atoms with E-state index >= 15 is 0 Å². The highest BCUT2D eigenvalue weighted by molar-refractivity contribution is 6.74. The van der Waals surface area contributed by atoms with Gasteiger partial charge in [-0.1, -0.05) is 48.5 Å². The highest BCUT2D eigenvalue weighted by atomic mass is 28.4. The van der Waals surface area contributed by atoms with Gasteiger partial charge in [-0.2, -0.15) is 0 Å². The fourth-order valence-electron chi connectivity index (χ4n) is 3.27. The van der Waals surface area contributed by atoms with Crippen LogP contribution in [-0.2, 0) is 14.0 Å². The average Bonchev–Trinajstić information content (AvgIpc) is 2.48. The van der Waals surface area contributed by atoms with Crippen molar-refractivity contribution in [3.05, 3.63) is 0 Å². The lowest BCUT2D eigenvalue weighted by molar-refractivity contribution is -0.143. The Labute approximate surface area is 192 Å². The van der Waals surface area contributed by atoms with Gasteiger partial charge in [0.15, 0.2) is 8.32 Å². The monoisotopic (exact) mass is 459 g/mol. The van der Waals surface area contributed by atoms with Crippen molar-refractivity contribution >= 4 is 20.4 Å². The molecule has 0 aromatic rings. The van der Waals surface area contributed by atoms with Crippen molar-refractivity contribution in [3.8, 4) is 0 Å². The second-order valence-corrected chi connectivity index (χ2v) is 17.0. The molecule has 0 heterocycles. The molecule has 0 aromatic heterocycles. The molecule has 0 aliphatic carbocycles.